The van der Waals surface area contributed by atoms with E-state index in [0.717, 1.165) is 22.4 Å². The van der Waals surface area contributed by atoms with Gasteiger partial charge in [-0.15, -0.1) is 0 Å². The third-order valence-electron chi connectivity index (χ3n) is 3.05. The van der Waals surface area contributed by atoms with Crippen molar-refractivity contribution in [1.29, 1.82) is 0 Å². The molecule has 0 aliphatic carbocycles. The summed E-state index contributed by atoms with van der Waals surface area (Å²) in [5.74, 6) is -3.31. The fourth-order valence-electron chi connectivity index (χ4n) is 1.96. The number of nitrogens with zero attached hydrogens (tertiary/aromatic N) is 2. The van der Waals surface area contributed by atoms with Crippen molar-refractivity contribution in [3.05, 3.63) is 28.9 Å². The molecule has 0 aromatic carbocycles. The van der Waals surface area contributed by atoms with E-state index in [1.165, 1.54) is 0 Å². The third-order valence-corrected chi connectivity index (χ3v) is 4.38. The molecule has 0 bridgehead atoms. The first kappa shape index (κ1) is 16.2. The molecule has 0 radical (unpaired) electrons. The zero-order chi connectivity index (χ0) is 16.4. The van der Waals surface area contributed by atoms with E-state index in [4.69, 9.17) is 22.4 Å². The minimum Gasteiger partial charge on any atom is -0.481 e. The van der Waals surface area contributed by atoms with E-state index in [0.29, 0.717) is 0 Å². The number of carbonyl (C=O) groups excluding carboxylic acids is 1. The van der Waals surface area contributed by atoms with E-state index in [1.54, 1.807) is 36.0 Å². The van der Waals surface area contributed by atoms with Gasteiger partial charge in [0.1, 0.15) is 10.4 Å². The van der Waals surface area contributed by atoms with E-state index in [2.05, 4.69) is 0 Å². The van der Waals surface area contributed by atoms with Crippen molar-refractivity contribution in [1.82, 2.24) is 9.47 Å². The van der Waals surface area contributed by atoms with Gasteiger partial charge < -0.3 is 14.8 Å². The number of carboxylic acids is 2. The molecule has 1 fully saturated rings. The van der Waals surface area contributed by atoms with Crippen LogP contribution in [-0.2, 0) is 21.4 Å². The number of thioether (sulfide) groups is 1. The Balaban J connectivity index is 2.32. The Labute approximate surface area is 135 Å². The fraction of sp³-hybridized carbons (Fsp3) is 0.231. The summed E-state index contributed by atoms with van der Waals surface area (Å²) in [5, 5.41) is 18.0. The van der Waals surface area contributed by atoms with E-state index in [-0.39, 0.29) is 9.23 Å². The van der Waals surface area contributed by atoms with Crippen LogP contribution in [0.25, 0.3) is 6.08 Å². The van der Waals surface area contributed by atoms with Crippen molar-refractivity contribution < 1.29 is 24.6 Å². The highest BCUT2D eigenvalue weighted by molar-refractivity contribution is 8.26. The van der Waals surface area contributed by atoms with E-state index in [9.17, 15) is 14.4 Å². The van der Waals surface area contributed by atoms with Crippen molar-refractivity contribution in [2.45, 2.75) is 12.5 Å². The topological polar surface area (TPSA) is 99.8 Å². The number of hydrogen-bond donors (Lipinski definition) is 2. The van der Waals surface area contributed by atoms with Crippen molar-refractivity contribution >= 4 is 52.2 Å². The van der Waals surface area contributed by atoms with Crippen LogP contribution in [-0.4, -0.2) is 47.9 Å². The van der Waals surface area contributed by atoms with Gasteiger partial charge in [0.15, 0.2) is 0 Å². The smallest absolute Gasteiger partial charge is 0.327 e. The van der Waals surface area contributed by atoms with Gasteiger partial charge in [-0.2, -0.15) is 0 Å². The Bertz CT molecular complexity index is 694. The zero-order valence-electron chi connectivity index (χ0n) is 11.4. The number of amides is 1. The number of hydrogen-bond acceptors (Lipinski definition) is 5. The molecule has 2 rings (SSSR count). The Kier molecular flexibility index (Phi) is 4.67. The van der Waals surface area contributed by atoms with Gasteiger partial charge in [0, 0.05) is 18.9 Å². The molecule has 1 aromatic rings. The minimum atomic E-state index is -1.51. The number of aryl methyl sites for hydroxylation is 1. The lowest BCUT2D eigenvalue weighted by atomic mass is 10.2. The zero-order valence-corrected chi connectivity index (χ0v) is 13.1. The van der Waals surface area contributed by atoms with Crippen LogP contribution in [0.1, 0.15) is 12.1 Å². The third kappa shape index (κ3) is 3.20. The Morgan fingerprint density at radius 2 is 2.14 bits per heavy atom. The summed E-state index contributed by atoms with van der Waals surface area (Å²) in [7, 11) is 1.80. The average molecular weight is 340 g/mol. The summed E-state index contributed by atoms with van der Waals surface area (Å²) in [6.07, 6.45) is 2.69. The van der Waals surface area contributed by atoms with Gasteiger partial charge in [-0.1, -0.05) is 24.0 Å². The van der Waals surface area contributed by atoms with Gasteiger partial charge in [0.05, 0.1) is 11.3 Å². The second kappa shape index (κ2) is 6.32. The van der Waals surface area contributed by atoms with Crippen LogP contribution in [0.2, 0.25) is 0 Å². The molecule has 116 valence electrons. The molecule has 0 saturated carbocycles. The van der Waals surface area contributed by atoms with Crippen LogP contribution >= 0.6 is 24.0 Å². The second-order valence-electron chi connectivity index (χ2n) is 4.55. The first-order valence-electron chi connectivity index (χ1n) is 6.14. The van der Waals surface area contributed by atoms with Crippen molar-refractivity contribution in [3.63, 3.8) is 0 Å². The Morgan fingerprint density at radius 1 is 1.45 bits per heavy atom. The molecule has 1 aliphatic heterocycles. The van der Waals surface area contributed by atoms with Crippen molar-refractivity contribution in [3.8, 4) is 0 Å². The van der Waals surface area contributed by atoms with Gasteiger partial charge in [-0.05, 0) is 18.2 Å². The van der Waals surface area contributed by atoms with Crippen LogP contribution < -0.4 is 0 Å². The highest BCUT2D eigenvalue weighted by Gasteiger charge is 2.41. The second-order valence-corrected chi connectivity index (χ2v) is 6.22. The minimum absolute atomic E-state index is 0.0408. The Morgan fingerprint density at radius 3 is 2.64 bits per heavy atom. The Hall–Kier alpha value is -2.13. The summed E-state index contributed by atoms with van der Waals surface area (Å²) < 4.78 is 1.83. The molecule has 22 heavy (non-hydrogen) atoms. The average Bonchev–Trinajstić information content (AvgIpc) is 2.93. The molecule has 1 atom stereocenters. The van der Waals surface area contributed by atoms with E-state index >= 15 is 0 Å². The van der Waals surface area contributed by atoms with Gasteiger partial charge in [0.25, 0.3) is 5.91 Å². The fourth-order valence-corrected chi connectivity index (χ4v) is 3.30. The summed E-state index contributed by atoms with van der Waals surface area (Å²) in [4.78, 5) is 35.5. The van der Waals surface area contributed by atoms with E-state index < -0.39 is 30.3 Å². The summed E-state index contributed by atoms with van der Waals surface area (Å²) in [5.41, 5.74) is 0.755. The monoisotopic (exact) mass is 340 g/mol. The lowest BCUT2D eigenvalue weighted by molar-refractivity contribution is -0.150. The molecule has 0 unspecified atom stereocenters. The number of carboxylic acid groups (broad SMARTS) is 2. The van der Waals surface area contributed by atoms with Gasteiger partial charge >= 0.3 is 11.9 Å². The summed E-state index contributed by atoms with van der Waals surface area (Å²) >= 11 is 6.00. The maximum absolute atomic E-state index is 12.4. The molecule has 0 spiro atoms. The lowest BCUT2D eigenvalue weighted by Gasteiger charge is -2.21. The number of carbonyl (C=O) groups is 3. The molecule has 2 heterocycles. The van der Waals surface area contributed by atoms with Crippen LogP contribution in [0, 0.1) is 0 Å². The van der Waals surface area contributed by atoms with Crippen LogP contribution in [0.15, 0.2) is 23.2 Å². The number of aromatic nitrogens is 1. The maximum atomic E-state index is 12.4. The summed E-state index contributed by atoms with van der Waals surface area (Å²) in [6.45, 7) is 0. The molecule has 2 N–H and O–H groups in total. The SMILES string of the molecule is Cn1cccc1/C=C1/SC(=S)N([C@@H](CC(=O)O)C(=O)O)C1=O. The molecule has 1 aromatic heterocycles. The van der Waals surface area contributed by atoms with Gasteiger partial charge in [0.2, 0.25) is 0 Å². The first-order chi connectivity index (χ1) is 10.3. The quantitative estimate of drug-likeness (QED) is 0.613. The van der Waals surface area contributed by atoms with Crippen LogP contribution in [0.4, 0.5) is 0 Å². The van der Waals surface area contributed by atoms with Gasteiger partial charge in [-0.3, -0.25) is 14.5 Å². The predicted molar refractivity (Wildman–Crippen MR) is 84.1 cm³/mol. The molecule has 1 saturated heterocycles. The molecular formula is C13H12N2O5S2. The van der Waals surface area contributed by atoms with Crippen molar-refractivity contribution in [2.75, 3.05) is 0 Å². The maximum Gasteiger partial charge on any atom is 0.327 e. The molecule has 9 heteroatoms. The van der Waals surface area contributed by atoms with Gasteiger partial charge in [-0.25, -0.2) is 4.79 Å². The number of rotatable bonds is 5. The molecule has 1 aliphatic rings. The number of thiocarbonyl (C=S) groups is 1. The van der Waals surface area contributed by atoms with Crippen LogP contribution in [0.5, 0.6) is 0 Å². The predicted octanol–water partition coefficient (Wildman–Crippen LogP) is 1.15. The molecule has 1 amide bonds. The standard InChI is InChI=1S/C13H12N2O5S2/c1-14-4-2-3-7(14)5-9-11(18)15(13(21)22-9)8(12(19)20)6-10(16)17/h2-5,8H,6H2,1H3,(H,16,17)(H,19,20)/b9-5+/t8-/m0/s1. The lowest BCUT2D eigenvalue weighted by Crippen LogP contribution is -2.45. The molecule has 7 nitrogen and oxygen atoms in total. The van der Waals surface area contributed by atoms with E-state index in [1.807, 2.05) is 0 Å². The van der Waals surface area contributed by atoms with Crippen molar-refractivity contribution in [2.24, 2.45) is 7.05 Å². The highest BCUT2D eigenvalue weighted by atomic mass is 32.2. The first-order valence-corrected chi connectivity index (χ1v) is 7.36. The largest absolute Gasteiger partial charge is 0.481 e. The summed E-state index contributed by atoms with van der Waals surface area (Å²) in [6, 6.07) is 2.08. The number of aliphatic carboxylic acids is 2. The normalized spacial score (nSPS) is 18.0. The highest BCUT2D eigenvalue weighted by Crippen LogP contribution is 2.34. The molecular weight excluding hydrogens is 328 g/mol. The van der Waals surface area contributed by atoms with Crippen LogP contribution in [0.3, 0.4) is 0 Å².